The van der Waals surface area contributed by atoms with Gasteiger partial charge in [0, 0.05) is 0 Å². The van der Waals surface area contributed by atoms with Crippen molar-refractivity contribution in [3.63, 3.8) is 0 Å². The van der Waals surface area contributed by atoms with Gasteiger partial charge in [0.15, 0.2) is 6.47 Å². The fraction of sp³-hybridized carbons (Fsp3) is 0. The predicted molar refractivity (Wildman–Crippen MR) is 32.8 cm³/mol. The molecule has 0 fully saturated rings. The minimum Gasteiger partial charge on any atom is -0.610 e. The normalized spacial score (nSPS) is 7.60. The number of hydrogen-bond donors (Lipinski definition) is 0. The second kappa shape index (κ2) is 5.41. The second-order valence-corrected chi connectivity index (χ2v) is 1.50. The first-order valence-electron chi connectivity index (χ1n) is 2.52. The van der Waals surface area contributed by atoms with Crippen molar-refractivity contribution in [3.05, 3.63) is 30.3 Å². The third-order valence-electron chi connectivity index (χ3n) is 0.903. The molecule has 0 bridgehead atoms. The third-order valence-corrected chi connectivity index (χ3v) is 0.903. The second-order valence-electron chi connectivity index (χ2n) is 1.50. The maximum Gasteiger partial charge on any atom is 1.00 e. The van der Waals surface area contributed by atoms with Crippen molar-refractivity contribution in [2.45, 2.75) is 0 Å². The van der Waals surface area contributed by atoms with Gasteiger partial charge in [-0.2, -0.15) is 0 Å². The standard InChI is InChI=1S/C7H5O2.Hg/c8-6-9-7-4-2-1-3-5-7;/h1-5H;/q-1;+1. The number of para-hydroxylation sites is 1. The molecular weight excluding hydrogens is 317 g/mol. The van der Waals surface area contributed by atoms with Gasteiger partial charge in [-0.25, -0.2) is 0 Å². The van der Waals surface area contributed by atoms with E-state index in [-0.39, 0.29) is 27.7 Å². The van der Waals surface area contributed by atoms with Crippen molar-refractivity contribution in [3.8, 4) is 5.75 Å². The van der Waals surface area contributed by atoms with Crippen LogP contribution in [0, 0.1) is 0 Å². The molecule has 47 valence electrons. The molecule has 0 unspecified atom stereocenters. The average molecular weight is 322 g/mol. The van der Waals surface area contributed by atoms with E-state index in [1.54, 1.807) is 24.3 Å². The van der Waals surface area contributed by atoms with E-state index in [4.69, 9.17) is 0 Å². The molecule has 2 nitrogen and oxygen atoms in total. The van der Waals surface area contributed by atoms with Crippen molar-refractivity contribution in [2.75, 3.05) is 0 Å². The Morgan fingerprint density at radius 3 is 2.30 bits per heavy atom. The summed E-state index contributed by atoms with van der Waals surface area (Å²) in [7, 11) is 0. The quantitative estimate of drug-likeness (QED) is 0.603. The third kappa shape index (κ3) is 2.96. The molecule has 0 spiro atoms. The fourth-order valence-corrected chi connectivity index (χ4v) is 0.537. The van der Waals surface area contributed by atoms with Crippen LogP contribution in [0.15, 0.2) is 30.3 Å². The Balaban J connectivity index is 0.000000810. The summed E-state index contributed by atoms with van der Waals surface area (Å²) < 4.78 is 4.40. The summed E-state index contributed by atoms with van der Waals surface area (Å²) in [6.45, 7) is 1.33. The number of rotatable bonds is 2. The Morgan fingerprint density at radius 1 is 1.20 bits per heavy atom. The molecule has 1 aromatic carbocycles. The average Bonchev–Trinajstić information content (AvgIpc) is 1.91. The van der Waals surface area contributed by atoms with Crippen LogP contribution < -0.4 is 4.74 Å². The van der Waals surface area contributed by atoms with Crippen LogP contribution in [0.1, 0.15) is 0 Å². The molecule has 1 rings (SSSR count). The molecule has 0 aliphatic heterocycles. The van der Waals surface area contributed by atoms with E-state index in [0.29, 0.717) is 5.75 Å². The maximum atomic E-state index is 9.63. The largest absolute Gasteiger partial charge is 1.00 e. The van der Waals surface area contributed by atoms with Crippen LogP contribution in [0.25, 0.3) is 0 Å². The van der Waals surface area contributed by atoms with Gasteiger partial charge in [0.2, 0.25) is 0 Å². The molecule has 0 N–H and O–H groups in total. The first kappa shape index (κ1) is 9.63. The molecule has 0 atom stereocenters. The van der Waals surface area contributed by atoms with E-state index in [1.165, 1.54) is 6.47 Å². The Bertz CT molecular complexity index is 186. The molecule has 1 aromatic rings. The van der Waals surface area contributed by atoms with Crippen LogP contribution >= 0.6 is 0 Å². The van der Waals surface area contributed by atoms with Gasteiger partial charge < -0.3 is 9.53 Å². The monoisotopic (exact) mass is 323 g/mol. The van der Waals surface area contributed by atoms with E-state index in [2.05, 4.69) is 4.74 Å². The first-order chi connectivity index (χ1) is 4.43. The van der Waals surface area contributed by atoms with E-state index in [1.807, 2.05) is 6.07 Å². The van der Waals surface area contributed by atoms with E-state index < -0.39 is 0 Å². The van der Waals surface area contributed by atoms with E-state index >= 15 is 0 Å². The Hall–Kier alpha value is -0.375. The van der Waals surface area contributed by atoms with Crippen molar-refractivity contribution < 1.29 is 37.2 Å². The van der Waals surface area contributed by atoms with Crippen molar-refractivity contribution >= 4 is 6.47 Å². The molecule has 0 aliphatic carbocycles. The molecule has 0 amide bonds. The van der Waals surface area contributed by atoms with Crippen LogP contribution in [0.4, 0.5) is 0 Å². The summed E-state index contributed by atoms with van der Waals surface area (Å²) in [4.78, 5) is 9.63. The zero-order valence-electron chi connectivity index (χ0n) is 5.41. The topological polar surface area (TPSA) is 26.3 Å². The summed E-state index contributed by atoms with van der Waals surface area (Å²) in [6, 6.07) is 8.78. The van der Waals surface area contributed by atoms with Gasteiger partial charge in [-0.05, 0) is 5.75 Å². The van der Waals surface area contributed by atoms with Gasteiger partial charge in [0.1, 0.15) is 0 Å². The SMILES string of the molecule is O=[C-]Oc1ccccc1.[Hg+]. The minimum atomic E-state index is 0. The Morgan fingerprint density at radius 2 is 1.80 bits per heavy atom. The molecule has 0 heterocycles. The van der Waals surface area contributed by atoms with Crippen LogP contribution in [0.2, 0.25) is 0 Å². The van der Waals surface area contributed by atoms with Crippen LogP contribution in [-0.2, 0) is 32.5 Å². The molecule has 3 heteroatoms. The summed E-state index contributed by atoms with van der Waals surface area (Å²) in [5.41, 5.74) is 0. The summed E-state index contributed by atoms with van der Waals surface area (Å²) >= 11 is 0. The smallest absolute Gasteiger partial charge is 0.610 e. The van der Waals surface area contributed by atoms with Gasteiger partial charge in [0.25, 0.3) is 0 Å². The molecule has 0 aromatic heterocycles. The fourth-order valence-electron chi connectivity index (χ4n) is 0.537. The number of ether oxygens (including phenoxy) is 1. The van der Waals surface area contributed by atoms with Crippen molar-refractivity contribution in [1.29, 1.82) is 0 Å². The summed E-state index contributed by atoms with van der Waals surface area (Å²) in [5.74, 6) is 0.521. The van der Waals surface area contributed by atoms with Crippen LogP contribution in [0.5, 0.6) is 5.75 Å². The van der Waals surface area contributed by atoms with Gasteiger partial charge in [-0.1, -0.05) is 18.2 Å². The number of hydrogen-bond acceptors (Lipinski definition) is 2. The zero-order valence-corrected chi connectivity index (χ0v) is 10.9. The molecular formula is C7H5HgO2. The zero-order chi connectivity index (χ0) is 6.53. The van der Waals surface area contributed by atoms with Crippen LogP contribution in [-0.4, -0.2) is 6.47 Å². The molecule has 1 radical (unpaired) electrons. The van der Waals surface area contributed by atoms with Gasteiger partial charge in [0.05, 0.1) is 0 Å². The summed E-state index contributed by atoms with van der Waals surface area (Å²) in [6.07, 6.45) is 0. The Kier molecular flexibility index (Phi) is 5.21. The molecule has 0 saturated heterocycles. The van der Waals surface area contributed by atoms with Crippen molar-refractivity contribution in [1.82, 2.24) is 0 Å². The molecule has 0 aliphatic rings. The molecule has 10 heavy (non-hydrogen) atoms. The van der Waals surface area contributed by atoms with Crippen molar-refractivity contribution in [2.24, 2.45) is 0 Å². The number of benzene rings is 1. The number of carbonyl (C=O) groups excluding carboxylic acids is 1. The molecule has 0 saturated carbocycles. The summed E-state index contributed by atoms with van der Waals surface area (Å²) in [5, 5.41) is 0. The van der Waals surface area contributed by atoms with E-state index in [9.17, 15) is 4.79 Å². The minimum absolute atomic E-state index is 0. The van der Waals surface area contributed by atoms with Crippen LogP contribution in [0.3, 0.4) is 0 Å². The Labute approximate surface area is 79.7 Å². The van der Waals surface area contributed by atoms with Gasteiger partial charge in [-0.3, -0.25) is 0 Å². The predicted octanol–water partition coefficient (Wildman–Crippen LogP) is 1.13. The maximum absolute atomic E-state index is 9.63. The first-order valence-corrected chi connectivity index (χ1v) is 2.52. The van der Waals surface area contributed by atoms with E-state index in [0.717, 1.165) is 0 Å². The van der Waals surface area contributed by atoms with Gasteiger partial charge >= 0.3 is 27.7 Å². The van der Waals surface area contributed by atoms with Gasteiger partial charge in [-0.15, -0.1) is 12.1 Å².